The minimum absolute atomic E-state index is 0.00708. The molecule has 0 aromatic heterocycles. The molecule has 0 saturated carbocycles. The van der Waals surface area contributed by atoms with Crippen LogP contribution in [0.25, 0.3) is 0 Å². The van der Waals surface area contributed by atoms with E-state index < -0.39 is 34.5 Å². The van der Waals surface area contributed by atoms with Gasteiger partial charge in [0.25, 0.3) is 0 Å². The van der Waals surface area contributed by atoms with Crippen LogP contribution in [0.15, 0.2) is 42.5 Å². The van der Waals surface area contributed by atoms with Crippen LogP contribution in [0.4, 0.5) is 36.8 Å². The molecule has 2 rings (SSSR count). The highest BCUT2D eigenvalue weighted by Gasteiger charge is 2.33. The Balaban J connectivity index is 1.92. The highest BCUT2D eigenvalue weighted by Crippen LogP contribution is 2.36. The molecular formula is C17H13ClF6N2O. The van der Waals surface area contributed by atoms with Gasteiger partial charge in [-0.3, -0.25) is 0 Å². The van der Waals surface area contributed by atoms with Gasteiger partial charge in [0.15, 0.2) is 0 Å². The van der Waals surface area contributed by atoms with E-state index >= 15 is 0 Å². The predicted molar refractivity (Wildman–Crippen MR) is 88.6 cm³/mol. The van der Waals surface area contributed by atoms with Gasteiger partial charge in [-0.05, 0) is 36.2 Å². The van der Waals surface area contributed by atoms with Crippen LogP contribution in [-0.2, 0) is 18.8 Å². The first-order chi connectivity index (χ1) is 12.5. The van der Waals surface area contributed by atoms with Crippen LogP contribution < -0.4 is 10.6 Å². The summed E-state index contributed by atoms with van der Waals surface area (Å²) in [5, 5.41) is 4.08. The zero-order chi connectivity index (χ0) is 20.2. The van der Waals surface area contributed by atoms with E-state index in [-0.39, 0.29) is 18.7 Å². The maximum atomic E-state index is 12.8. The van der Waals surface area contributed by atoms with Gasteiger partial charge >= 0.3 is 18.4 Å². The SMILES string of the molecule is O=C(NCCc1cccc(C(F)(F)F)c1)Nc1ccc(Cl)c(C(F)(F)F)c1. The number of benzene rings is 2. The number of rotatable bonds is 4. The van der Waals surface area contributed by atoms with E-state index in [0.717, 1.165) is 18.2 Å². The van der Waals surface area contributed by atoms with Gasteiger partial charge in [0.1, 0.15) is 0 Å². The molecule has 0 heterocycles. The van der Waals surface area contributed by atoms with Crippen molar-refractivity contribution >= 4 is 23.3 Å². The summed E-state index contributed by atoms with van der Waals surface area (Å²) in [4.78, 5) is 11.8. The van der Waals surface area contributed by atoms with Crippen molar-refractivity contribution in [3.8, 4) is 0 Å². The number of hydrogen-bond acceptors (Lipinski definition) is 1. The number of nitrogens with one attached hydrogen (secondary N) is 2. The third kappa shape index (κ3) is 6.06. The molecule has 2 N–H and O–H groups in total. The van der Waals surface area contributed by atoms with Crippen molar-refractivity contribution in [2.45, 2.75) is 18.8 Å². The molecule has 0 bridgehead atoms. The lowest BCUT2D eigenvalue weighted by molar-refractivity contribution is -0.138. The lowest BCUT2D eigenvalue weighted by Gasteiger charge is -2.12. The molecule has 0 unspecified atom stereocenters. The molecular weight excluding hydrogens is 398 g/mol. The molecule has 2 amide bonds. The van der Waals surface area contributed by atoms with Gasteiger partial charge in [-0.25, -0.2) is 4.79 Å². The minimum atomic E-state index is -4.67. The first-order valence-electron chi connectivity index (χ1n) is 7.54. The third-order valence-electron chi connectivity index (χ3n) is 3.48. The van der Waals surface area contributed by atoms with Crippen molar-refractivity contribution < 1.29 is 31.1 Å². The van der Waals surface area contributed by atoms with E-state index in [1.807, 2.05) is 0 Å². The number of halogens is 7. The van der Waals surface area contributed by atoms with E-state index in [4.69, 9.17) is 11.6 Å². The molecule has 0 spiro atoms. The molecule has 2 aromatic carbocycles. The average molecular weight is 411 g/mol. The Bertz CT molecular complexity index is 820. The summed E-state index contributed by atoms with van der Waals surface area (Å²) in [6.45, 7) is -0.00708. The van der Waals surface area contributed by atoms with E-state index in [2.05, 4.69) is 10.6 Å². The van der Waals surface area contributed by atoms with Crippen LogP contribution in [-0.4, -0.2) is 12.6 Å². The Kier molecular flexibility index (Phi) is 6.25. The Morgan fingerprint density at radius 2 is 1.67 bits per heavy atom. The summed E-state index contributed by atoms with van der Waals surface area (Å²) in [5.74, 6) is 0. The van der Waals surface area contributed by atoms with Gasteiger partial charge in [-0.15, -0.1) is 0 Å². The number of carbonyl (C=O) groups is 1. The van der Waals surface area contributed by atoms with Gasteiger partial charge in [-0.1, -0.05) is 29.8 Å². The highest BCUT2D eigenvalue weighted by atomic mass is 35.5. The largest absolute Gasteiger partial charge is 0.417 e. The van der Waals surface area contributed by atoms with Crippen LogP contribution in [0, 0.1) is 0 Å². The lowest BCUT2D eigenvalue weighted by atomic mass is 10.1. The molecule has 146 valence electrons. The maximum absolute atomic E-state index is 12.8. The van der Waals surface area contributed by atoms with Crippen molar-refractivity contribution in [2.75, 3.05) is 11.9 Å². The van der Waals surface area contributed by atoms with Gasteiger partial charge in [-0.2, -0.15) is 26.3 Å². The first-order valence-corrected chi connectivity index (χ1v) is 7.92. The van der Waals surface area contributed by atoms with Gasteiger partial charge in [0.2, 0.25) is 0 Å². The number of amides is 2. The Hall–Kier alpha value is -2.42. The summed E-state index contributed by atoms with van der Waals surface area (Å²) < 4.78 is 76.2. The lowest BCUT2D eigenvalue weighted by Crippen LogP contribution is -2.30. The summed E-state index contributed by atoms with van der Waals surface area (Å²) in [6.07, 6.45) is -9.02. The number of alkyl halides is 6. The Morgan fingerprint density at radius 1 is 0.963 bits per heavy atom. The monoisotopic (exact) mass is 410 g/mol. The number of carbonyl (C=O) groups excluding carboxylic acids is 1. The highest BCUT2D eigenvalue weighted by molar-refractivity contribution is 6.31. The number of hydrogen-bond donors (Lipinski definition) is 2. The van der Waals surface area contributed by atoms with Gasteiger partial charge in [0.05, 0.1) is 16.1 Å². The Morgan fingerprint density at radius 3 is 2.30 bits per heavy atom. The fourth-order valence-corrected chi connectivity index (χ4v) is 2.44. The molecule has 0 fully saturated rings. The minimum Gasteiger partial charge on any atom is -0.338 e. The molecule has 27 heavy (non-hydrogen) atoms. The standard InChI is InChI=1S/C17H13ClF6N2O/c18-14-5-4-12(9-13(14)17(22,23)24)26-15(27)25-7-6-10-2-1-3-11(8-10)16(19,20)21/h1-5,8-9H,6-7H2,(H2,25,26,27). The summed E-state index contributed by atoms with van der Waals surface area (Å²) in [6, 6.07) is 6.73. The van der Waals surface area contributed by atoms with Crippen molar-refractivity contribution in [3.63, 3.8) is 0 Å². The maximum Gasteiger partial charge on any atom is 0.417 e. The molecule has 0 atom stereocenters. The summed E-state index contributed by atoms with van der Waals surface area (Å²) in [7, 11) is 0. The van der Waals surface area contributed by atoms with Crippen LogP contribution in [0.1, 0.15) is 16.7 Å². The Labute approximate surface area is 155 Å². The molecule has 0 aliphatic carbocycles. The van der Waals surface area contributed by atoms with Crippen LogP contribution in [0.2, 0.25) is 5.02 Å². The number of urea groups is 1. The van der Waals surface area contributed by atoms with Crippen molar-refractivity contribution in [3.05, 3.63) is 64.2 Å². The second-order valence-corrected chi connectivity index (χ2v) is 5.93. The second kappa shape index (κ2) is 8.08. The van der Waals surface area contributed by atoms with Crippen molar-refractivity contribution in [1.29, 1.82) is 0 Å². The second-order valence-electron chi connectivity index (χ2n) is 5.52. The normalized spacial score (nSPS) is 12.0. The smallest absolute Gasteiger partial charge is 0.338 e. The zero-order valence-corrected chi connectivity index (χ0v) is 14.3. The molecule has 0 saturated heterocycles. The van der Waals surface area contributed by atoms with E-state index in [1.165, 1.54) is 18.2 Å². The summed E-state index contributed by atoms with van der Waals surface area (Å²) in [5.41, 5.74) is -1.66. The van der Waals surface area contributed by atoms with E-state index in [1.54, 1.807) is 0 Å². The van der Waals surface area contributed by atoms with E-state index in [0.29, 0.717) is 11.6 Å². The average Bonchev–Trinajstić information content (AvgIpc) is 2.55. The molecule has 0 radical (unpaired) electrons. The summed E-state index contributed by atoms with van der Waals surface area (Å²) >= 11 is 5.49. The first kappa shape index (κ1) is 20.9. The van der Waals surface area contributed by atoms with Crippen LogP contribution >= 0.6 is 11.6 Å². The fraction of sp³-hybridized carbons (Fsp3) is 0.235. The van der Waals surface area contributed by atoms with Crippen molar-refractivity contribution in [2.24, 2.45) is 0 Å². The predicted octanol–water partition coefficient (Wildman–Crippen LogP) is 5.74. The molecule has 10 heteroatoms. The number of anilines is 1. The fourth-order valence-electron chi connectivity index (χ4n) is 2.22. The van der Waals surface area contributed by atoms with Crippen LogP contribution in [0.3, 0.4) is 0 Å². The molecule has 3 nitrogen and oxygen atoms in total. The van der Waals surface area contributed by atoms with E-state index in [9.17, 15) is 31.1 Å². The molecule has 2 aromatic rings. The van der Waals surface area contributed by atoms with Crippen molar-refractivity contribution in [1.82, 2.24) is 5.32 Å². The van der Waals surface area contributed by atoms with Crippen LogP contribution in [0.5, 0.6) is 0 Å². The van der Waals surface area contributed by atoms with Gasteiger partial charge < -0.3 is 10.6 Å². The quantitative estimate of drug-likeness (QED) is 0.620. The molecule has 0 aliphatic rings. The third-order valence-corrected chi connectivity index (χ3v) is 3.81. The topological polar surface area (TPSA) is 41.1 Å². The van der Waals surface area contributed by atoms with Gasteiger partial charge in [0, 0.05) is 12.2 Å². The zero-order valence-electron chi connectivity index (χ0n) is 13.5. The molecule has 0 aliphatic heterocycles.